The van der Waals surface area contributed by atoms with Crippen molar-refractivity contribution >= 4 is 21.6 Å². The number of nitrogens with one attached hydrogen (secondary N) is 2. The molecule has 0 heterocycles. The Morgan fingerprint density at radius 1 is 1.12 bits per heavy atom. The maximum atomic E-state index is 12.2. The molecule has 9 heteroatoms. The maximum absolute atomic E-state index is 12.2. The summed E-state index contributed by atoms with van der Waals surface area (Å²) in [7, 11) is -4.14. The van der Waals surface area contributed by atoms with Crippen LogP contribution in [-0.4, -0.2) is 19.2 Å². The zero-order valence-corrected chi connectivity index (χ0v) is 15.3. The molecule has 0 fully saturated rings. The van der Waals surface area contributed by atoms with Gasteiger partial charge in [-0.2, -0.15) is 0 Å². The number of hydrogen-bond donors (Lipinski definition) is 2. The first kappa shape index (κ1) is 19.5. The van der Waals surface area contributed by atoms with Crippen LogP contribution in [0.4, 0.5) is 5.69 Å². The molecule has 1 amide bonds. The molecule has 0 saturated heterocycles. The number of nitro benzene ring substituents is 1. The fourth-order valence-corrected chi connectivity index (χ4v) is 3.08. The molecule has 138 valence electrons. The Labute approximate surface area is 151 Å². The molecule has 0 atom stereocenters. The summed E-state index contributed by atoms with van der Waals surface area (Å²) in [6.45, 7) is 5.54. The second kappa shape index (κ2) is 7.63. The van der Waals surface area contributed by atoms with Crippen LogP contribution < -0.4 is 10.3 Å². The zero-order chi connectivity index (χ0) is 19.5. The largest absolute Gasteiger partial charge is 0.273 e. The van der Waals surface area contributed by atoms with Crippen molar-refractivity contribution in [2.24, 2.45) is 0 Å². The number of carbonyl (C=O) groups is 1. The first-order valence-electron chi connectivity index (χ1n) is 7.79. The number of rotatable bonds is 6. The average molecular weight is 377 g/mol. The first-order valence-corrected chi connectivity index (χ1v) is 9.27. The molecule has 2 rings (SSSR count). The van der Waals surface area contributed by atoms with Gasteiger partial charge in [0.25, 0.3) is 21.6 Å². The van der Waals surface area contributed by atoms with E-state index in [1.807, 2.05) is 18.7 Å². The number of carbonyl (C=O) groups excluding carboxylic acids is 1. The van der Waals surface area contributed by atoms with E-state index in [1.165, 1.54) is 19.1 Å². The molecule has 2 aromatic carbocycles. The van der Waals surface area contributed by atoms with Crippen molar-refractivity contribution in [1.82, 2.24) is 10.3 Å². The molecule has 0 spiro atoms. The third-order valence-corrected chi connectivity index (χ3v) is 5.07. The van der Waals surface area contributed by atoms with Gasteiger partial charge in [0.15, 0.2) is 0 Å². The van der Waals surface area contributed by atoms with E-state index in [2.05, 4.69) is 5.43 Å². The van der Waals surface area contributed by atoms with E-state index in [4.69, 9.17) is 0 Å². The summed E-state index contributed by atoms with van der Waals surface area (Å²) in [5, 5.41) is 10.9. The van der Waals surface area contributed by atoms with Gasteiger partial charge in [0.2, 0.25) is 0 Å². The van der Waals surface area contributed by atoms with Crippen molar-refractivity contribution in [3.05, 3.63) is 69.3 Å². The minimum absolute atomic E-state index is 0.284. The molecule has 0 radical (unpaired) electrons. The number of nitrogens with zero attached hydrogens (tertiary/aromatic N) is 1. The summed E-state index contributed by atoms with van der Waals surface area (Å²) in [4.78, 5) is 24.0. The molecule has 2 N–H and O–H groups in total. The Bertz CT molecular complexity index is 937. The molecule has 0 saturated carbocycles. The van der Waals surface area contributed by atoms with Crippen molar-refractivity contribution in [2.45, 2.75) is 31.6 Å². The highest BCUT2D eigenvalue weighted by atomic mass is 32.2. The van der Waals surface area contributed by atoms with Crippen LogP contribution in [0, 0.1) is 17.0 Å². The van der Waals surface area contributed by atoms with E-state index in [0.29, 0.717) is 11.5 Å². The standard InChI is InChI=1S/C17H19N3O5S/c1-11(2)13-5-7-14(8-6-13)17(21)18-19-26(24,25)15-9-4-12(3)16(10-15)20(22)23/h4-11,19H,1-3H3,(H,18,21). The highest BCUT2D eigenvalue weighted by Gasteiger charge is 2.20. The van der Waals surface area contributed by atoms with Crippen molar-refractivity contribution in [3.63, 3.8) is 0 Å². The number of hydrazine groups is 1. The number of sulfonamides is 1. The third kappa shape index (κ3) is 4.44. The van der Waals surface area contributed by atoms with E-state index in [0.717, 1.165) is 11.6 Å². The van der Waals surface area contributed by atoms with Gasteiger partial charge in [-0.05, 0) is 36.6 Å². The SMILES string of the molecule is Cc1ccc(S(=O)(=O)NNC(=O)c2ccc(C(C)C)cc2)cc1[N+](=O)[O-]. The van der Waals surface area contributed by atoms with Crippen LogP contribution in [0.3, 0.4) is 0 Å². The lowest BCUT2D eigenvalue weighted by molar-refractivity contribution is -0.385. The van der Waals surface area contributed by atoms with Gasteiger partial charge in [-0.1, -0.05) is 32.0 Å². The number of aryl methyl sites for hydroxylation is 1. The lowest BCUT2D eigenvalue weighted by atomic mass is 10.0. The predicted octanol–water partition coefficient (Wildman–Crippen LogP) is 2.65. The van der Waals surface area contributed by atoms with Gasteiger partial charge >= 0.3 is 0 Å². The van der Waals surface area contributed by atoms with E-state index < -0.39 is 20.9 Å². The fourth-order valence-electron chi connectivity index (χ4n) is 2.22. The summed E-state index contributed by atoms with van der Waals surface area (Å²) in [5.74, 6) is -0.326. The Balaban J connectivity index is 2.13. The highest BCUT2D eigenvalue weighted by molar-refractivity contribution is 7.89. The monoisotopic (exact) mass is 377 g/mol. The molecule has 26 heavy (non-hydrogen) atoms. The molecule has 0 aromatic heterocycles. The Hall–Kier alpha value is -2.78. The van der Waals surface area contributed by atoms with Gasteiger partial charge in [-0.3, -0.25) is 20.3 Å². The smallest absolute Gasteiger partial charge is 0.273 e. The number of hydrogen-bond acceptors (Lipinski definition) is 5. The highest BCUT2D eigenvalue weighted by Crippen LogP contribution is 2.22. The summed E-state index contributed by atoms with van der Waals surface area (Å²) in [6, 6.07) is 10.3. The fraction of sp³-hybridized carbons (Fsp3) is 0.235. The quantitative estimate of drug-likeness (QED) is 0.592. The Morgan fingerprint density at radius 2 is 1.73 bits per heavy atom. The molecule has 2 aromatic rings. The molecular weight excluding hydrogens is 358 g/mol. The zero-order valence-electron chi connectivity index (χ0n) is 14.5. The van der Waals surface area contributed by atoms with Gasteiger partial charge in [0.05, 0.1) is 9.82 Å². The third-order valence-electron chi connectivity index (χ3n) is 3.83. The number of amides is 1. The van der Waals surface area contributed by atoms with Crippen LogP contribution in [0.15, 0.2) is 47.4 Å². The average Bonchev–Trinajstić information content (AvgIpc) is 2.59. The summed E-state index contributed by atoms with van der Waals surface area (Å²) in [5.41, 5.74) is 3.46. The second-order valence-corrected chi connectivity index (χ2v) is 7.72. The predicted molar refractivity (Wildman–Crippen MR) is 96.2 cm³/mol. The van der Waals surface area contributed by atoms with Crippen LogP contribution >= 0.6 is 0 Å². The molecular formula is C17H19N3O5S. The van der Waals surface area contributed by atoms with E-state index >= 15 is 0 Å². The summed E-state index contributed by atoms with van der Waals surface area (Å²) >= 11 is 0. The maximum Gasteiger partial charge on any atom is 0.273 e. The van der Waals surface area contributed by atoms with Gasteiger partial charge < -0.3 is 0 Å². The van der Waals surface area contributed by atoms with Crippen LogP contribution in [0.25, 0.3) is 0 Å². The van der Waals surface area contributed by atoms with Gasteiger partial charge in [0, 0.05) is 17.2 Å². The van der Waals surface area contributed by atoms with Crippen LogP contribution in [0.2, 0.25) is 0 Å². The molecule has 8 nitrogen and oxygen atoms in total. The lowest BCUT2D eigenvalue weighted by Gasteiger charge is -2.10. The molecule has 0 aliphatic rings. The number of benzene rings is 2. The molecule has 0 aliphatic heterocycles. The van der Waals surface area contributed by atoms with Crippen LogP contribution in [0.1, 0.15) is 41.3 Å². The Kier molecular flexibility index (Phi) is 5.73. The van der Waals surface area contributed by atoms with E-state index in [-0.39, 0.29) is 16.1 Å². The molecule has 0 unspecified atom stereocenters. The minimum atomic E-state index is -4.14. The van der Waals surface area contributed by atoms with Crippen LogP contribution in [0.5, 0.6) is 0 Å². The van der Waals surface area contributed by atoms with E-state index in [1.54, 1.807) is 24.3 Å². The summed E-state index contributed by atoms with van der Waals surface area (Å²) in [6.07, 6.45) is 0. The van der Waals surface area contributed by atoms with Crippen LogP contribution in [-0.2, 0) is 10.0 Å². The molecule has 0 aliphatic carbocycles. The lowest BCUT2D eigenvalue weighted by Crippen LogP contribution is -2.41. The van der Waals surface area contributed by atoms with E-state index in [9.17, 15) is 23.3 Å². The summed E-state index contributed by atoms with van der Waals surface area (Å²) < 4.78 is 24.5. The topological polar surface area (TPSA) is 118 Å². The van der Waals surface area contributed by atoms with Crippen molar-refractivity contribution in [2.75, 3.05) is 0 Å². The minimum Gasteiger partial charge on any atom is -0.273 e. The van der Waals surface area contributed by atoms with Gasteiger partial charge in [0.1, 0.15) is 0 Å². The van der Waals surface area contributed by atoms with Crippen molar-refractivity contribution in [3.8, 4) is 0 Å². The Morgan fingerprint density at radius 3 is 2.27 bits per heavy atom. The van der Waals surface area contributed by atoms with Gasteiger partial charge in [-0.15, -0.1) is 4.83 Å². The number of nitro groups is 1. The first-order chi connectivity index (χ1) is 12.1. The molecule has 0 bridgehead atoms. The second-order valence-electron chi connectivity index (χ2n) is 6.04. The van der Waals surface area contributed by atoms with Crippen molar-refractivity contribution in [1.29, 1.82) is 0 Å². The normalized spacial score (nSPS) is 11.4. The van der Waals surface area contributed by atoms with Crippen molar-refractivity contribution < 1.29 is 18.1 Å². The van der Waals surface area contributed by atoms with Gasteiger partial charge in [-0.25, -0.2) is 8.42 Å².